The molecule has 0 aromatic heterocycles. The van der Waals surface area contributed by atoms with Crippen molar-refractivity contribution in [3.63, 3.8) is 0 Å². The van der Waals surface area contributed by atoms with E-state index in [4.69, 9.17) is 32.1 Å². The summed E-state index contributed by atoms with van der Waals surface area (Å²) in [7, 11) is -4.29. The van der Waals surface area contributed by atoms with E-state index in [0.29, 0.717) is 10.6 Å². The van der Waals surface area contributed by atoms with Crippen LogP contribution >= 0.6 is 23.2 Å². The minimum absolute atomic E-state index is 0.0978. The molecule has 3 aromatic rings. The third-order valence-electron chi connectivity index (χ3n) is 4.36. The molecule has 1 amide bonds. The van der Waals surface area contributed by atoms with E-state index in [2.05, 4.69) is 10.5 Å². The number of nitro groups is 1. The largest absolute Gasteiger partial charge is 0.490 e. The molecule has 1 N–H and O–H groups in total. The molecule has 0 unspecified atom stereocenters. The quantitative estimate of drug-likeness (QED) is 0.178. The molecule has 0 radical (unpaired) electrons. The Labute approximate surface area is 210 Å². The minimum Gasteiger partial charge on any atom is -0.490 e. The Morgan fingerprint density at radius 2 is 1.80 bits per heavy atom. The first-order chi connectivity index (χ1) is 16.6. The average Bonchev–Trinajstić information content (AvgIpc) is 2.80. The molecule has 0 aliphatic carbocycles. The topological polar surface area (TPSA) is 137 Å². The van der Waals surface area contributed by atoms with Crippen molar-refractivity contribution in [2.24, 2.45) is 5.10 Å². The van der Waals surface area contributed by atoms with Crippen LogP contribution in [0.5, 0.6) is 11.5 Å². The van der Waals surface area contributed by atoms with Gasteiger partial charge < -0.3 is 8.92 Å². The molecule has 3 aromatic carbocycles. The summed E-state index contributed by atoms with van der Waals surface area (Å²) in [6.45, 7) is 1.91. The number of nitrogens with one attached hydrogen (secondary N) is 1. The van der Waals surface area contributed by atoms with Gasteiger partial charge in [0, 0.05) is 17.2 Å². The molecule has 0 saturated carbocycles. The summed E-state index contributed by atoms with van der Waals surface area (Å²) in [5.74, 6) is -0.546. The molecule has 0 heterocycles. The van der Waals surface area contributed by atoms with Gasteiger partial charge in [0.2, 0.25) is 0 Å². The smallest absolute Gasteiger partial charge is 0.339 e. The van der Waals surface area contributed by atoms with Crippen molar-refractivity contribution in [1.29, 1.82) is 0 Å². The van der Waals surface area contributed by atoms with Gasteiger partial charge in [-0.05, 0) is 61.0 Å². The van der Waals surface area contributed by atoms with Crippen LogP contribution in [-0.2, 0) is 10.1 Å². The van der Waals surface area contributed by atoms with Crippen LogP contribution in [0.3, 0.4) is 0 Å². The van der Waals surface area contributed by atoms with Gasteiger partial charge in [-0.1, -0.05) is 23.2 Å². The van der Waals surface area contributed by atoms with Crippen LogP contribution in [0.4, 0.5) is 5.69 Å². The third kappa shape index (κ3) is 6.69. The first kappa shape index (κ1) is 25.9. The maximum absolute atomic E-state index is 12.6. The third-order valence-corrected chi connectivity index (χ3v) is 6.16. The highest BCUT2D eigenvalue weighted by Crippen LogP contribution is 2.31. The molecule has 0 atom stereocenters. The fraction of sp³-hybridized carbons (Fsp3) is 0.0909. The van der Waals surface area contributed by atoms with Gasteiger partial charge in [0.25, 0.3) is 11.6 Å². The Morgan fingerprint density at radius 3 is 2.43 bits per heavy atom. The first-order valence-electron chi connectivity index (χ1n) is 9.85. The van der Waals surface area contributed by atoms with Gasteiger partial charge in [-0.15, -0.1) is 0 Å². The number of halogens is 2. The second-order valence-corrected chi connectivity index (χ2v) is 9.14. The minimum atomic E-state index is -4.29. The van der Waals surface area contributed by atoms with Crippen LogP contribution in [0.2, 0.25) is 10.0 Å². The van der Waals surface area contributed by atoms with Gasteiger partial charge in [-0.3, -0.25) is 14.9 Å². The van der Waals surface area contributed by atoms with Gasteiger partial charge in [0.1, 0.15) is 4.90 Å². The Morgan fingerprint density at radius 1 is 1.09 bits per heavy atom. The molecule has 13 heteroatoms. The Kier molecular flexibility index (Phi) is 8.28. The van der Waals surface area contributed by atoms with Crippen molar-refractivity contribution >= 4 is 51.1 Å². The molecule has 0 saturated heterocycles. The van der Waals surface area contributed by atoms with E-state index >= 15 is 0 Å². The molecule has 35 heavy (non-hydrogen) atoms. The zero-order valence-corrected chi connectivity index (χ0v) is 20.3. The monoisotopic (exact) mass is 537 g/mol. The van der Waals surface area contributed by atoms with E-state index in [-0.39, 0.29) is 39.3 Å². The van der Waals surface area contributed by atoms with Gasteiger partial charge >= 0.3 is 10.1 Å². The predicted molar refractivity (Wildman–Crippen MR) is 130 cm³/mol. The second kappa shape index (κ2) is 11.2. The average molecular weight is 538 g/mol. The van der Waals surface area contributed by atoms with Crippen LogP contribution in [0, 0.1) is 10.1 Å². The summed E-state index contributed by atoms with van der Waals surface area (Å²) in [4.78, 5) is 22.1. The van der Waals surface area contributed by atoms with Gasteiger partial charge in [0.15, 0.2) is 11.5 Å². The van der Waals surface area contributed by atoms with Gasteiger partial charge in [-0.2, -0.15) is 13.5 Å². The molecule has 0 aliphatic rings. The molecular weight excluding hydrogens is 521 g/mol. The Bertz CT molecular complexity index is 1390. The molecule has 0 aliphatic heterocycles. The zero-order chi connectivity index (χ0) is 25.6. The number of ether oxygens (including phenoxy) is 1. The second-order valence-electron chi connectivity index (χ2n) is 6.75. The molecule has 0 spiro atoms. The standard InChI is InChI=1S/C22H17Cl2N3O7S/c1-2-33-21-11-14(13-25-26-22(28)18-9-4-15(23)12-19(18)24)3-10-20(21)34-35(31,32)17-7-5-16(6-8-17)27(29)30/h3-13H,2H2,1H3,(H,26,28)/b25-13-. The van der Waals surface area contributed by atoms with Crippen molar-refractivity contribution < 1.29 is 27.1 Å². The molecular formula is C22H17Cl2N3O7S. The van der Waals surface area contributed by atoms with E-state index in [1.54, 1.807) is 6.92 Å². The highest BCUT2D eigenvalue weighted by molar-refractivity contribution is 7.87. The molecule has 182 valence electrons. The summed E-state index contributed by atoms with van der Waals surface area (Å²) in [6.07, 6.45) is 1.32. The van der Waals surface area contributed by atoms with Crippen LogP contribution in [0.15, 0.2) is 70.7 Å². The first-order valence-corrected chi connectivity index (χ1v) is 12.0. The van der Waals surface area contributed by atoms with Crippen molar-refractivity contribution in [3.8, 4) is 11.5 Å². The number of rotatable bonds is 9. The van der Waals surface area contributed by atoms with E-state index in [1.807, 2.05) is 0 Å². The van der Waals surface area contributed by atoms with Crippen LogP contribution < -0.4 is 14.3 Å². The number of hydrogen-bond donors (Lipinski definition) is 1. The number of hydrogen-bond acceptors (Lipinski definition) is 8. The van der Waals surface area contributed by atoms with E-state index in [0.717, 1.165) is 24.3 Å². The molecule has 10 nitrogen and oxygen atoms in total. The maximum Gasteiger partial charge on any atom is 0.339 e. The van der Waals surface area contributed by atoms with Crippen molar-refractivity contribution in [1.82, 2.24) is 5.43 Å². The summed E-state index contributed by atoms with van der Waals surface area (Å²) in [6, 6.07) is 13.0. The molecule has 0 fully saturated rings. The van der Waals surface area contributed by atoms with E-state index < -0.39 is 20.9 Å². The number of carbonyl (C=O) groups is 1. The fourth-order valence-corrected chi connectivity index (χ4v) is 4.18. The highest BCUT2D eigenvalue weighted by Gasteiger charge is 2.21. The van der Waals surface area contributed by atoms with E-state index in [9.17, 15) is 23.3 Å². The lowest BCUT2D eigenvalue weighted by Crippen LogP contribution is -2.18. The number of amides is 1. The lowest BCUT2D eigenvalue weighted by molar-refractivity contribution is -0.384. The summed E-state index contributed by atoms with van der Waals surface area (Å²) in [5, 5.41) is 15.2. The number of carbonyl (C=O) groups excluding carboxylic acids is 1. The molecule has 0 bridgehead atoms. The summed E-state index contributed by atoms with van der Waals surface area (Å²) < 4.78 is 35.9. The van der Waals surface area contributed by atoms with Crippen molar-refractivity contribution in [2.75, 3.05) is 6.61 Å². The number of nitrogens with zero attached hydrogens (tertiary/aromatic N) is 2. The van der Waals surface area contributed by atoms with Gasteiger partial charge in [0.05, 0.1) is 28.3 Å². The lowest BCUT2D eigenvalue weighted by atomic mass is 10.2. The summed E-state index contributed by atoms with van der Waals surface area (Å²) in [5.41, 5.74) is 2.73. The fourth-order valence-electron chi connectivity index (χ4n) is 2.74. The van der Waals surface area contributed by atoms with Crippen LogP contribution in [0.1, 0.15) is 22.8 Å². The van der Waals surface area contributed by atoms with Crippen LogP contribution in [-0.4, -0.2) is 32.1 Å². The Hall–Kier alpha value is -3.67. The number of non-ortho nitro benzene ring substituents is 1. The van der Waals surface area contributed by atoms with E-state index in [1.165, 1.54) is 42.6 Å². The van der Waals surface area contributed by atoms with Gasteiger partial charge in [-0.25, -0.2) is 5.43 Å². The zero-order valence-electron chi connectivity index (χ0n) is 18.0. The Balaban J connectivity index is 1.76. The normalized spacial score (nSPS) is 11.3. The molecule has 3 rings (SSSR count). The number of hydrazone groups is 1. The number of nitro benzene ring substituents is 1. The van der Waals surface area contributed by atoms with Crippen LogP contribution in [0.25, 0.3) is 0 Å². The SMILES string of the molecule is CCOc1cc(/C=N\NC(=O)c2ccc(Cl)cc2Cl)ccc1OS(=O)(=O)c1ccc([N+](=O)[O-])cc1. The summed E-state index contributed by atoms with van der Waals surface area (Å²) >= 11 is 11.8. The maximum atomic E-state index is 12.6. The van der Waals surface area contributed by atoms with Crippen molar-refractivity contribution in [2.45, 2.75) is 11.8 Å². The lowest BCUT2D eigenvalue weighted by Gasteiger charge is -2.12. The van der Waals surface area contributed by atoms with Crippen molar-refractivity contribution in [3.05, 3.63) is 92.0 Å². The number of benzene rings is 3. The predicted octanol–water partition coefficient (Wildman–Crippen LogP) is 4.83. The highest BCUT2D eigenvalue weighted by atomic mass is 35.5.